The third-order valence-corrected chi connectivity index (χ3v) is 5.29. The van der Waals surface area contributed by atoms with Crippen molar-refractivity contribution in [2.75, 3.05) is 0 Å². The van der Waals surface area contributed by atoms with Crippen LogP contribution in [0, 0.1) is 11.8 Å². The molecule has 104 valence electrons. The highest BCUT2D eigenvalue weighted by Gasteiger charge is 2.33. The fraction of sp³-hybridized carbons (Fsp3) is 0.667. The number of benzene rings is 1. The van der Waals surface area contributed by atoms with Gasteiger partial charge in [-0.25, -0.2) is 0 Å². The van der Waals surface area contributed by atoms with Crippen LogP contribution in [-0.2, 0) is 6.42 Å². The number of aliphatic hydroxyl groups excluding tert-OH is 1. The van der Waals surface area contributed by atoms with Gasteiger partial charge in [0.2, 0.25) is 0 Å². The second-order valence-electron chi connectivity index (χ2n) is 6.72. The molecule has 1 heteroatoms. The summed E-state index contributed by atoms with van der Waals surface area (Å²) in [6.07, 6.45) is 8.58. The Hall–Kier alpha value is -0.820. The lowest BCUT2D eigenvalue weighted by Gasteiger charge is -2.37. The first-order chi connectivity index (χ1) is 9.25. The van der Waals surface area contributed by atoms with E-state index >= 15 is 0 Å². The summed E-state index contributed by atoms with van der Waals surface area (Å²) in [5, 5.41) is 10.9. The Morgan fingerprint density at radius 2 is 1.95 bits per heavy atom. The van der Waals surface area contributed by atoms with E-state index in [4.69, 9.17) is 0 Å². The van der Waals surface area contributed by atoms with Crippen LogP contribution in [0.4, 0.5) is 0 Å². The van der Waals surface area contributed by atoms with Crippen molar-refractivity contribution in [3.63, 3.8) is 0 Å². The van der Waals surface area contributed by atoms with Gasteiger partial charge in [0, 0.05) is 5.92 Å². The molecular weight excluding hydrogens is 232 g/mol. The number of aryl methyl sites for hydroxylation is 1. The summed E-state index contributed by atoms with van der Waals surface area (Å²) in [5.74, 6) is 1.72. The van der Waals surface area contributed by atoms with E-state index in [0.717, 1.165) is 5.92 Å². The van der Waals surface area contributed by atoms with Gasteiger partial charge in [-0.3, -0.25) is 0 Å². The second-order valence-corrected chi connectivity index (χ2v) is 6.72. The summed E-state index contributed by atoms with van der Waals surface area (Å²) in [4.78, 5) is 0. The molecule has 0 aromatic heterocycles. The van der Waals surface area contributed by atoms with Crippen LogP contribution in [-0.4, -0.2) is 11.2 Å². The quantitative estimate of drug-likeness (QED) is 0.839. The first kappa shape index (κ1) is 13.2. The predicted octanol–water partition coefficient (Wildman–Crippen LogP) is 4.29. The molecule has 4 atom stereocenters. The molecule has 0 bridgehead atoms. The molecule has 1 nitrogen and oxygen atoms in total. The maximum absolute atomic E-state index is 10.9. The second kappa shape index (κ2) is 5.66. The minimum atomic E-state index is -0.121. The van der Waals surface area contributed by atoms with Crippen molar-refractivity contribution in [3.8, 4) is 0 Å². The molecule has 0 aliphatic heterocycles. The first-order valence-corrected chi connectivity index (χ1v) is 8.01. The SMILES string of the molecule is CC1CCCC(C(O)C2CCCc3ccccc32)C1. The zero-order valence-electron chi connectivity index (χ0n) is 12.0. The zero-order valence-corrected chi connectivity index (χ0v) is 12.0. The number of fused-ring (bicyclic) bond motifs is 1. The van der Waals surface area contributed by atoms with Crippen LogP contribution in [0.2, 0.25) is 0 Å². The molecule has 2 aliphatic rings. The molecule has 4 unspecified atom stereocenters. The Morgan fingerprint density at radius 1 is 1.11 bits per heavy atom. The van der Waals surface area contributed by atoms with Crippen molar-refractivity contribution in [2.45, 2.75) is 63.9 Å². The Kier molecular flexibility index (Phi) is 3.93. The van der Waals surface area contributed by atoms with Gasteiger partial charge in [0.15, 0.2) is 0 Å². The van der Waals surface area contributed by atoms with Crippen LogP contribution in [0.1, 0.15) is 62.5 Å². The van der Waals surface area contributed by atoms with Gasteiger partial charge in [-0.15, -0.1) is 0 Å². The van der Waals surface area contributed by atoms with E-state index in [-0.39, 0.29) is 6.10 Å². The molecule has 1 aromatic rings. The molecule has 1 N–H and O–H groups in total. The highest BCUT2D eigenvalue weighted by Crippen LogP contribution is 2.40. The number of rotatable bonds is 2. The number of aliphatic hydroxyl groups is 1. The average Bonchev–Trinajstić information content (AvgIpc) is 2.46. The van der Waals surface area contributed by atoms with E-state index in [1.165, 1.54) is 56.1 Å². The van der Waals surface area contributed by atoms with Crippen molar-refractivity contribution in [1.82, 2.24) is 0 Å². The fourth-order valence-corrected chi connectivity index (χ4v) is 4.27. The molecular formula is C18H26O. The summed E-state index contributed by atoms with van der Waals surface area (Å²) in [5.41, 5.74) is 2.90. The van der Waals surface area contributed by atoms with E-state index in [9.17, 15) is 5.11 Å². The summed E-state index contributed by atoms with van der Waals surface area (Å²) >= 11 is 0. The smallest absolute Gasteiger partial charge is 0.0637 e. The Bertz CT molecular complexity index is 425. The third-order valence-electron chi connectivity index (χ3n) is 5.29. The molecule has 2 aliphatic carbocycles. The fourth-order valence-electron chi connectivity index (χ4n) is 4.27. The third kappa shape index (κ3) is 2.72. The van der Waals surface area contributed by atoms with Gasteiger partial charge in [0.25, 0.3) is 0 Å². The lowest BCUT2D eigenvalue weighted by molar-refractivity contribution is 0.0444. The molecule has 1 saturated carbocycles. The Labute approximate surface area is 117 Å². The van der Waals surface area contributed by atoms with E-state index in [0.29, 0.717) is 11.8 Å². The average molecular weight is 258 g/mol. The summed E-state index contributed by atoms with van der Waals surface area (Å²) in [6, 6.07) is 8.76. The maximum Gasteiger partial charge on any atom is 0.0637 e. The van der Waals surface area contributed by atoms with Gasteiger partial charge in [0.05, 0.1) is 6.10 Å². The largest absolute Gasteiger partial charge is 0.392 e. The standard InChI is InChI=1S/C18H26O/c1-13-6-4-9-15(12-13)18(19)17-11-5-8-14-7-2-3-10-16(14)17/h2-3,7,10,13,15,17-19H,4-6,8-9,11-12H2,1H3. The van der Waals surface area contributed by atoms with Crippen LogP contribution in [0.5, 0.6) is 0 Å². The normalized spacial score (nSPS) is 32.6. The molecule has 19 heavy (non-hydrogen) atoms. The molecule has 3 rings (SSSR count). The molecule has 0 radical (unpaired) electrons. The summed E-state index contributed by atoms with van der Waals surface area (Å²) < 4.78 is 0. The van der Waals surface area contributed by atoms with E-state index < -0.39 is 0 Å². The van der Waals surface area contributed by atoms with Gasteiger partial charge in [0.1, 0.15) is 0 Å². The van der Waals surface area contributed by atoms with Crippen LogP contribution in [0.15, 0.2) is 24.3 Å². The van der Waals surface area contributed by atoms with Crippen molar-refractivity contribution in [3.05, 3.63) is 35.4 Å². The molecule has 1 aromatic carbocycles. The van der Waals surface area contributed by atoms with Crippen molar-refractivity contribution >= 4 is 0 Å². The Morgan fingerprint density at radius 3 is 2.79 bits per heavy atom. The molecule has 0 saturated heterocycles. The Balaban J connectivity index is 1.79. The van der Waals surface area contributed by atoms with Crippen molar-refractivity contribution in [2.24, 2.45) is 11.8 Å². The lowest BCUT2D eigenvalue weighted by atomic mass is 9.71. The topological polar surface area (TPSA) is 20.2 Å². The van der Waals surface area contributed by atoms with Gasteiger partial charge in [-0.05, 0) is 55.1 Å². The first-order valence-electron chi connectivity index (χ1n) is 8.01. The monoisotopic (exact) mass is 258 g/mol. The van der Waals surface area contributed by atoms with Gasteiger partial charge in [-0.1, -0.05) is 44.0 Å². The van der Waals surface area contributed by atoms with Crippen molar-refractivity contribution in [1.29, 1.82) is 0 Å². The van der Waals surface area contributed by atoms with Crippen molar-refractivity contribution < 1.29 is 5.11 Å². The van der Waals surface area contributed by atoms with Gasteiger partial charge in [-0.2, -0.15) is 0 Å². The number of hydrogen-bond acceptors (Lipinski definition) is 1. The minimum absolute atomic E-state index is 0.121. The number of hydrogen-bond donors (Lipinski definition) is 1. The lowest BCUT2D eigenvalue weighted by Crippen LogP contribution is -2.33. The highest BCUT2D eigenvalue weighted by atomic mass is 16.3. The molecule has 1 fully saturated rings. The van der Waals surface area contributed by atoms with E-state index in [1.54, 1.807) is 0 Å². The van der Waals surface area contributed by atoms with E-state index in [2.05, 4.69) is 31.2 Å². The molecule has 0 heterocycles. The van der Waals surface area contributed by atoms with Crippen LogP contribution in [0.3, 0.4) is 0 Å². The van der Waals surface area contributed by atoms with Crippen LogP contribution < -0.4 is 0 Å². The van der Waals surface area contributed by atoms with Gasteiger partial charge < -0.3 is 5.11 Å². The summed E-state index contributed by atoms with van der Waals surface area (Å²) in [6.45, 7) is 2.34. The molecule has 0 amide bonds. The maximum atomic E-state index is 10.9. The molecule has 0 spiro atoms. The van der Waals surface area contributed by atoms with Crippen LogP contribution in [0.25, 0.3) is 0 Å². The minimum Gasteiger partial charge on any atom is -0.392 e. The van der Waals surface area contributed by atoms with Crippen LogP contribution >= 0.6 is 0 Å². The highest BCUT2D eigenvalue weighted by molar-refractivity contribution is 5.33. The summed E-state index contributed by atoms with van der Waals surface area (Å²) in [7, 11) is 0. The van der Waals surface area contributed by atoms with E-state index in [1.807, 2.05) is 0 Å². The zero-order chi connectivity index (χ0) is 13.2. The predicted molar refractivity (Wildman–Crippen MR) is 79.2 cm³/mol. The van der Waals surface area contributed by atoms with Gasteiger partial charge >= 0.3 is 0 Å².